The zero-order valence-corrected chi connectivity index (χ0v) is 8.04. The van der Waals surface area contributed by atoms with Crippen LogP contribution in [0.25, 0.3) is 0 Å². The Morgan fingerprint density at radius 1 is 1.57 bits per heavy atom. The van der Waals surface area contributed by atoms with Crippen molar-refractivity contribution in [1.82, 2.24) is 0 Å². The van der Waals surface area contributed by atoms with E-state index in [0.29, 0.717) is 0 Å². The fraction of sp³-hybridized carbons (Fsp3) is 0.125. The SMILES string of the molecule is CC(=O)c1cc([N+](=O)[O-])cc(Cl)c1N. The van der Waals surface area contributed by atoms with Gasteiger partial charge in [-0.05, 0) is 6.92 Å². The highest BCUT2D eigenvalue weighted by atomic mass is 35.5. The summed E-state index contributed by atoms with van der Waals surface area (Å²) in [6, 6.07) is 2.23. The molecule has 14 heavy (non-hydrogen) atoms. The number of carbonyl (C=O) groups excluding carboxylic acids is 1. The zero-order chi connectivity index (χ0) is 10.9. The van der Waals surface area contributed by atoms with Gasteiger partial charge in [-0.3, -0.25) is 14.9 Å². The van der Waals surface area contributed by atoms with E-state index in [0.717, 1.165) is 12.1 Å². The van der Waals surface area contributed by atoms with Gasteiger partial charge < -0.3 is 5.73 Å². The molecule has 1 aromatic carbocycles. The lowest BCUT2D eigenvalue weighted by molar-refractivity contribution is -0.384. The average molecular weight is 215 g/mol. The van der Waals surface area contributed by atoms with Gasteiger partial charge in [-0.15, -0.1) is 0 Å². The molecule has 0 bridgehead atoms. The molecule has 0 spiro atoms. The van der Waals surface area contributed by atoms with Crippen molar-refractivity contribution >= 4 is 28.8 Å². The van der Waals surface area contributed by atoms with Gasteiger partial charge >= 0.3 is 0 Å². The molecule has 1 aromatic rings. The molecule has 0 aliphatic heterocycles. The second-order valence-electron chi connectivity index (χ2n) is 2.70. The first-order chi connectivity index (χ1) is 6.43. The predicted octanol–water partition coefficient (Wildman–Crippen LogP) is 2.03. The van der Waals surface area contributed by atoms with Gasteiger partial charge in [0.1, 0.15) is 0 Å². The number of nitrogen functional groups attached to an aromatic ring is 1. The van der Waals surface area contributed by atoms with E-state index in [1.807, 2.05) is 0 Å². The molecule has 0 radical (unpaired) electrons. The normalized spacial score (nSPS) is 9.86. The van der Waals surface area contributed by atoms with Gasteiger partial charge in [0.05, 0.1) is 15.6 Å². The van der Waals surface area contributed by atoms with Crippen LogP contribution in [0.5, 0.6) is 0 Å². The number of nitro groups is 1. The molecule has 0 saturated carbocycles. The molecule has 0 atom stereocenters. The van der Waals surface area contributed by atoms with Crippen LogP contribution in [0, 0.1) is 10.1 Å². The Balaban J connectivity index is 3.43. The van der Waals surface area contributed by atoms with Gasteiger partial charge in [0.25, 0.3) is 5.69 Å². The molecule has 5 nitrogen and oxygen atoms in total. The number of halogens is 1. The van der Waals surface area contributed by atoms with Crippen LogP contribution >= 0.6 is 11.6 Å². The van der Waals surface area contributed by atoms with E-state index in [9.17, 15) is 14.9 Å². The minimum atomic E-state index is -0.627. The number of nitro benzene ring substituents is 1. The number of rotatable bonds is 2. The lowest BCUT2D eigenvalue weighted by Crippen LogP contribution is -2.02. The van der Waals surface area contributed by atoms with E-state index in [-0.39, 0.29) is 27.7 Å². The molecule has 1 rings (SSSR count). The van der Waals surface area contributed by atoms with Gasteiger partial charge in [0, 0.05) is 17.7 Å². The molecule has 0 saturated heterocycles. The summed E-state index contributed by atoms with van der Waals surface area (Å²) in [6.45, 7) is 1.27. The van der Waals surface area contributed by atoms with E-state index in [1.54, 1.807) is 0 Å². The Morgan fingerprint density at radius 2 is 2.14 bits per heavy atom. The van der Waals surface area contributed by atoms with Gasteiger partial charge in [0.15, 0.2) is 5.78 Å². The summed E-state index contributed by atoms with van der Waals surface area (Å²) in [5.41, 5.74) is 5.38. The van der Waals surface area contributed by atoms with Crippen LogP contribution in [0.1, 0.15) is 17.3 Å². The first-order valence-corrected chi connectivity index (χ1v) is 4.05. The topological polar surface area (TPSA) is 86.2 Å². The minimum absolute atomic E-state index is 0.0180. The minimum Gasteiger partial charge on any atom is -0.397 e. The van der Waals surface area contributed by atoms with Crippen molar-refractivity contribution in [1.29, 1.82) is 0 Å². The molecule has 0 aliphatic rings. The van der Waals surface area contributed by atoms with E-state index in [1.165, 1.54) is 6.92 Å². The molecular formula is C8H7ClN2O3. The van der Waals surface area contributed by atoms with E-state index < -0.39 is 4.92 Å². The second-order valence-corrected chi connectivity index (χ2v) is 3.11. The van der Waals surface area contributed by atoms with Gasteiger partial charge in [-0.25, -0.2) is 0 Å². The largest absolute Gasteiger partial charge is 0.397 e. The third-order valence-electron chi connectivity index (χ3n) is 1.70. The van der Waals surface area contributed by atoms with Crippen LogP contribution in [-0.4, -0.2) is 10.7 Å². The Morgan fingerprint density at radius 3 is 2.57 bits per heavy atom. The zero-order valence-electron chi connectivity index (χ0n) is 7.28. The van der Waals surface area contributed by atoms with Crippen molar-refractivity contribution in [2.45, 2.75) is 6.92 Å². The molecule has 0 aromatic heterocycles. The number of nitrogens with two attached hydrogens (primary N) is 1. The average Bonchev–Trinajstić information content (AvgIpc) is 2.08. The predicted molar refractivity (Wildman–Crippen MR) is 52.5 cm³/mol. The van der Waals surface area contributed by atoms with Gasteiger partial charge in [0.2, 0.25) is 0 Å². The van der Waals surface area contributed by atoms with E-state index in [2.05, 4.69) is 0 Å². The molecule has 0 amide bonds. The fourth-order valence-electron chi connectivity index (χ4n) is 1.00. The van der Waals surface area contributed by atoms with E-state index in [4.69, 9.17) is 17.3 Å². The molecule has 74 valence electrons. The van der Waals surface area contributed by atoms with Crippen LogP contribution in [0.15, 0.2) is 12.1 Å². The Hall–Kier alpha value is -1.62. The first kappa shape index (κ1) is 10.5. The van der Waals surface area contributed by atoms with Crippen molar-refractivity contribution in [3.63, 3.8) is 0 Å². The molecule has 2 N–H and O–H groups in total. The summed E-state index contributed by atoms with van der Waals surface area (Å²) in [5.74, 6) is -0.354. The van der Waals surface area contributed by atoms with Gasteiger partial charge in [-0.1, -0.05) is 11.6 Å². The highest BCUT2D eigenvalue weighted by molar-refractivity contribution is 6.34. The molecule has 6 heteroatoms. The van der Waals surface area contributed by atoms with Crippen LogP contribution in [0.4, 0.5) is 11.4 Å². The Kier molecular flexibility index (Phi) is 2.71. The number of nitrogens with zero attached hydrogens (tertiary/aromatic N) is 1. The molecule has 0 heterocycles. The maximum Gasteiger partial charge on any atom is 0.271 e. The molecule has 0 fully saturated rings. The summed E-state index contributed by atoms with van der Waals surface area (Å²) < 4.78 is 0. The van der Waals surface area contributed by atoms with Crippen molar-refractivity contribution < 1.29 is 9.72 Å². The highest BCUT2D eigenvalue weighted by Crippen LogP contribution is 2.28. The summed E-state index contributed by atoms with van der Waals surface area (Å²) >= 11 is 5.63. The summed E-state index contributed by atoms with van der Waals surface area (Å²) in [7, 11) is 0. The third kappa shape index (κ3) is 1.82. The number of carbonyl (C=O) groups is 1. The van der Waals surface area contributed by atoms with Crippen molar-refractivity contribution in [3.05, 3.63) is 32.8 Å². The number of Topliss-reactive ketones (excluding diaryl/α,β-unsaturated/α-hetero) is 1. The smallest absolute Gasteiger partial charge is 0.271 e. The van der Waals surface area contributed by atoms with Crippen LogP contribution in [0.3, 0.4) is 0 Å². The van der Waals surface area contributed by atoms with Gasteiger partial charge in [-0.2, -0.15) is 0 Å². The summed E-state index contributed by atoms with van der Waals surface area (Å²) in [6.07, 6.45) is 0. The quantitative estimate of drug-likeness (QED) is 0.353. The number of hydrogen-bond acceptors (Lipinski definition) is 4. The van der Waals surface area contributed by atoms with Crippen molar-refractivity contribution in [3.8, 4) is 0 Å². The van der Waals surface area contributed by atoms with Crippen LogP contribution in [0.2, 0.25) is 5.02 Å². The lowest BCUT2D eigenvalue weighted by atomic mass is 10.1. The summed E-state index contributed by atoms with van der Waals surface area (Å²) in [4.78, 5) is 20.8. The third-order valence-corrected chi connectivity index (χ3v) is 2.02. The number of benzene rings is 1. The van der Waals surface area contributed by atoms with Crippen LogP contribution in [-0.2, 0) is 0 Å². The Bertz CT molecular complexity index is 417. The van der Waals surface area contributed by atoms with Crippen LogP contribution < -0.4 is 5.73 Å². The van der Waals surface area contributed by atoms with Crippen molar-refractivity contribution in [2.24, 2.45) is 0 Å². The highest BCUT2D eigenvalue weighted by Gasteiger charge is 2.15. The number of ketones is 1. The lowest BCUT2D eigenvalue weighted by Gasteiger charge is -2.03. The molecular weight excluding hydrogens is 208 g/mol. The molecule has 0 unspecified atom stereocenters. The standard InChI is InChI=1S/C8H7ClN2O3/c1-4(12)6-2-5(11(13)14)3-7(9)8(6)10/h2-3H,10H2,1H3. The number of anilines is 1. The fourth-order valence-corrected chi connectivity index (χ4v) is 1.21. The number of non-ortho nitro benzene ring substituents is 1. The molecule has 0 aliphatic carbocycles. The van der Waals surface area contributed by atoms with Crippen molar-refractivity contribution in [2.75, 3.05) is 5.73 Å². The monoisotopic (exact) mass is 214 g/mol. The second kappa shape index (κ2) is 3.63. The Labute approximate surface area is 84.6 Å². The first-order valence-electron chi connectivity index (χ1n) is 3.68. The number of hydrogen-bond donors (Lipinski definition) is 1. The summed E-state index contributed by atoms with van der Waals surface area (Å²) in [5, 5.41) is 10.5. The maximum atomic E-state index is 11.0. The maximum absolute atomic E-state index is 11.0. The van der Waals surface area contributed by atoms with E-state index >= 15 is 0 Å².